The third-order valence-electron chi connectivity index (χ3n) is 6.76. The van der Waals surface area contributed by atoms with Gasteiger partial charge in [0.2, 0.25) is 0 Å². The summed E-state index contributed by atoms with van der Waals surface area (Å²) in [6, 6.07) is 31.4. The van der Waals surface area contributed by atoms with Crippen molar-refractivity contribution >= 4 is 35.5 Å². The highest BCUT2D eigenvalue weighted by atomic mass is 35.5. The molecule has 152 valence electrons. The van der Waals surface area contributed by atoms with Gasteiger partial charge in [0.25, 0.3) is 0 Å². The molecule has 3 aromatic carbocycles. The maximum absolute atomic E-state index is 7.01. The van der Waals surface area contributed by atoms with Crippen molar-refractivity contribution in [3.8, 4) is 17.0 Å². The second kappa shape index (κ2) is 6.38. The zero-order valence-electron chi connectivity index (χ0n) is 17.2. The molecule has 32 heavy (non-hydrogen) atoms. The first kappa shape index (κ1) is 17.9. The standard InChI is InChI=1S/C27H18BClN2O/c29-21-14-12-20(13-15-21)28-30-18-6-10-24(30)27(19-7-2-1-3-8-19)25-17-16-23(31(25)28)22-9-4-5-11-26(22)32-28/h1-18H/t28-/m0/s1. The Hall–Kier alpha value is -3.76. The Morgan fingerprint density at radius 3 is 2.38 bits per heavy atom. The summed E-state index contributed by atoms with van der Waals surface area (Å²) in [6.45, 7) is -1.80. The van der Waals surface area contributed by atoms with Crippen LogP contribution in [0.4, 0.5) is 0 Å². The summed E-state index contributed by atoms with van der Waals surface area (Å²) < 4.78 is 11.7. The van der Waals surface area contributed by atoms with E-state index in [4.69, 9.17) is 16.3 Å². The van der Waals surface area contributed by atoms with Crippen LogP contribution in [0.25, 0.3) is 16.8 Å². The number of hydrogen-bond acceptors (Lipinski definition) is 1. The normalized spacial score (nSPS) is 19.7. The molecule has 1 atom stereocenters. The van der Waals surface area contributed by atoms with E-state index in [0.29, 0.717) is 5.02 Å². The molecule has 3 aliphatic rings. The van der Waals surface area contributed by atoms with E-state index in [9.17, 15) is 0 Å². The van der Waals surface area contributed by atoms with Gasteiger partial charge in [-0.3, -0.25) is 0 Å². The fraction of sp³-hybridized carbons (Fsp3) is 0. The number of halogens is 1. The molecule has 0 aliphatic carbocycles. The number of nitrogens with zero attached hydrogens (tertiary/aromatic N) is 2. The average Bonchev–Trinajstić information content (AvgIpc) is 3.50. The van der Waals surface area contributed by atoms with Gasteiger partial charge in [0.15, 0.2) is 5.70 Å². The number of aromatic nitrogens is 1. The second-order valence-electron chi connectivity index (χ2n) is 8.38. The first-order chi connectivity index (χ1) is 15.8. The summed E-state index contributed by atoms with van der Waals surface area (Å²) >= 11 is 6.28. The molecule has 3 aliphatic heterocycles. The average molecular weight is 433 g/mol. The minimum atomic E-state index is -1.80. The Labute approximate surface area is 191 Å². The van der Waals surface area contributed by atoms with Gasteiger partial charge in [0, 0.05) is 34.1 Å². The van der Waals surface area contributed by atoms with Crippen molar-refractivity contribution in [2.24, 2.45) is 0 Å². The summed E-state index contributed by atoms with van der Waals surface area (Å²) in [6.07, 6.45) is 6.42. The Morgan fingerprint density at radius 1 is 0.781 bits per heavy atom. The first-order valence-electron chi connectivity index (χ1n) is 10.8. The van der Waals surface area contributed by atoms with Gasteiger partial charge in [-0.15, -0.1) is 0 Å². The van der Waals surface area contributed by atoms with Gasteiger partial charge in [0.1, 0.15) is 6.21 Å². The molecule has 1 aromatic heterocycles. The predicted octanol–water partition coefficient (Wildman–Crippen LogP) is 5.32. The van der Waals surface area contributed by atoms with E-state index >= 15 is 0 Å². The Kier molecular flexibility index (Phi) is 3.56. The van der Waals surface area contributed by atoms with Gasteiger partial charge < -0.3 is 13.6 Å². The number of para-hydroxylation sites is 1. The van der Waals surface area contributed by atoms with E-state index in [1.54, 1.807) is 0 Å². The largest absolute Gasteiger partial charge is 0.635 e. The Bertz CT molecular complexity index is 1500. The first-order valence-corrected chi connectivity index (χ1v) is 11.2. The van der Waals surface area contributed by atoms with E-state index in [2.05, 4.69) is 100 Å². The SMILES string of the molecule is Clc1ccc([B@@-]23Oc4ccccc4-c4ccc(n42)C(c2ccccc2)=C2C=CC=[N+]23)cc1. The van der Waals surface area contributed by atoms with Crippen LogP contribution < -0.4 is 10.1 Å². The molecular formula is C27H18BClN2O. The predicted molar refractivity (Wildman–Crippen MR) is 131 cm³/mol. The maximum Gasteiger partial charge on any atom is 0.597 e. The van der Waals surface area contributed by atoms with E-state index in [1.165, 1.54) is 11.1 Å². The molecule has 4 aromatic rings. The topological polar surface area (TPSA) is 17.2 Å². The molecule has 0 spiro atoms. The Balaban J connectivity index is 1.62. The van der Waals surface area contributed by atoms with Crippen LogP contribution in [0.3, 0.4) is 0 Å². The number of allylic oxidation sites excluding steroid dienone is 2. The highest BCUT2D eigenvalue weighted by Crippen LogP contribution is 2.46. The molecule has 3 nitrogen and oxygen atoms in total. The van der Waals surface area contributed by atoms with Crippen LogP contribution in [0.15, 0.2) is 109 Å². The van der Waals surface area contributed by atoms with Crippen molar-refractivity contribution in [1.82, 2.24) is 4.48 Å². The molecule has 4 heterocycles. The zero-order chi connectivity index (χ0) is 21.3. The summed E-state index contributed by atoms with van der Waals surface area (Å²) in [7, 11) is 0. The third-order valence-corrected chi connectivity index (χ3v) is 7.01. The number of fused-ring (bicyclic) bond motifs is 4. The highest BCUT2D eigenvalue weighted by Gasteiger charge is 2.56. The van der Waals surface area contributed by atoms with Crippen LogP contribution in [0.2, 0.25) is 5.02 Å². The van der Waals surface area contributed by atoms with E-state index in [-0.39, 0.29) is 0 Å². The van der Waals surface area contributed by atoms with Crippen molar-refractivity contribution in [3.05, 3.63) is 125 Å². The molecule has 0 amide bonds. The number of rotatable bonds is 2. The van der Waals surface area contributed by atoms with Crippen LogP contribution in [0, 0.1) is 0 Å². The van der Waals surface area contributed by atoms with Crippen molar-refractivity contribution < 1.29 is 9.14 Å². The lowest BCUT2D eigenvalue weighted by atomic mass is 9.54. The molecule has 0 unspecified atom stereocenters. The lowest BCUT2D eigenvalue weighted by molar-refractivity contribution is -0.342. The van der Waals surface area contributed by atoms with Gasteiger partial charge >= 0.3 is 6.62 Å². The van der Waals surface area contributed by atoms with Gasteiger partial charge in [-0.1, -0.05) is 71.7 Å². The lowest BCUT2D eigenvalue weighted by Gasteiger charge is -2.47. The molecule has 0 fully saturated rings. The molecule has 0 saturated carbocycles. The quantitative estimate of drug-likeness (QED) is 0.392. The minimum Gasteiger partial charge on any atom is -0.635 e. The zero-order valence-corrected chi connectivity index (χ0v) is 17.9. The summed E-state index contributed by atoms with van der Waals surface area (Å²) in [5.74, 6) is 0.891. The van der Waals surface area contributed by atoms with Crippen molar-refractivity contribution in [2.75, 3.05) is 0 Å². The summed E-state index contributed by atoms with van der Waals surface area (Å²) in [5, 5.41) is 0.713. The van der Waals surface area contributed by atoms with Crippen LogP contribution in [0.5, 0.6) is 5.75 Å². The van der Waals surface area contributed by atoms with Gasteiger partial charge in [0.05, 0.1) is 11.3 Å². The number of hydrogen-bond donors (Lipinski definition) is 0. The lowest BCUT2D eigenvalue weighted by Crippen LogP contribution is -2.70. The molecule has 0 saturated heterocycles. The minimum absolute atomic E-state index is 0.713. The van der Waals surface area contributed by atoms with Gasteiger partial charge in [-0.25, -0.2) is 0 Å². The summed E-state index contributed by atoms with van der Waals surface area (Å²) in [4.78, 5) is 0. The van der Waals surface area contributed by atoms with Crippen LogP contribution in [-0.4, -0.2) is 21.8 Å². The van der Waals surface area contributed by atoms with Crippen molar-refractivity contribution in [3.63, 3.8) is 0 Å². The van der Waals surface area contributed by atoms with Crippen LogP contribution in [-0.2, 0) is 0 Å². The monoisotopic (exact) mass is 432 g/mol. The van der Waals surface area contributed by atoms with Crippen LogP contribution >= 0.6 is 11.6 Å². The molecule has 5 heteroatoms. The second-order valence-corrected chi connectivity index (χ2v) is 8.82. The molecule has 0 N–H and O–H groups in total. The molecular weight excluding hydrogens is 415 g/mol. The fourth-order valence-corrected chi connectivity index (χ4v) is 5.60. The Morgan fingerprint density at radius 2 is 1.53 bits per heavy atom. The maximum atomic E-state index is 7.01. The third kappa shape index (κ3) is 2.20. The van der Waals surface area contributed by atoms with E-state index in [1.807, 2.05) is 18.2 Å². The van der Waals surface area contributed by atoms with Crippen LogP contribution in [0.1, 0.15) is 11.3 Å². The van der Waals surface area contributed by atoms with Gasteiger partial charge in [-0.05, 0) is 42.0 Å². The molecule has 0 radical (unpaired) electrons. The fourth-order valence-electron chi connectivity index (χ4n) is 5.47. The highest BCUT2D eigenvalue weighted by molar-refractivity contribution is 6.80. The van der Waals surface area contributed by atoms with Crippen molar-refractivity contribution in [2.45, 2.75) is 0 Å². The molecule has 0 bridgehead atoms. The molecule has 7 rings (SSSR count). The number of benzene rings is 3. The van der Waals surface area contributed by atoms with Crippen molar-refractivity contribution in [1.29, 1.82) is 0 Å². The van der Waals surface area contributed by atoms with E-state index < -0.39 is 6.62 Å². The van der Waals surface area contributed by atoms with Gasteiger partial charge in [-0.2, -0.15) is 0 Å². The smallest absolute Gasteiger partial charge is 0.597 e. The van der Waals surface area contributed by atoms with E-state index in [0.717, 1.165) is 33.9 Å². The summed E-state index contributed by atoms with van der Waals surface area (Å²) in [5.41, 5.74) is 8.03.